The van der Waals surface area contributed by atoms with Gasteiger partial charge in [-0.2, -0.15) is 0 Å². The number of hydrogen-bond donors (Lipinski definition) is 2. The van der Waals surface area contributed by atoms with Crippen molar-refractivity contribution in [3.63, 3.8) is 0 Å². The molecule has 0 spiro atoms. The molecule has 1 aromatic carbocycles. The lowest BCUT2D eigenvalue weighted by atomic mass is 9.97. The molecule has 2 rings (SSSR count). The maximum atomic E-state index is 12.4. The van der Waals surface area contributed by atoms with Crippen molar-refractivity contribution in [1.29, 1.82) is 0 Å². The summed E-state index contributed by atoms with van der Waals surface area (Å²) in [6.45, 7) is 4.24. The molecule has 1 unspecified atom stereocenters. The number of amides is 2. The van der Waals surface area contributed by atoms with Crippen LogP contribution in [-0.4, -0.2) is 48.6 Å². The molecule has 3 N–H and O–H groups in total. The van der Waals surface area contributed by atoms with Gasteiger partial charge in [0.05, 0.1) is 11.7 Å². The van der Waals surface area contributed by atoms with Crippen LogP contribution in [0.2, 0.25) is 0 Å². The first-order valence-corrected chi connectivity index (χ1v) is 9.04. The summed E-state index contributed by atoms with van der Waals surface area (Å²) in [6, 6.07) is 8.06. The van der Waals surface area contributed by atoms with E-state index in [1.807, 2.05) is 36.1 Å². The van der Waals surface area contributed by atoms with Crippen LogP contribution in [0, 0.1) is 12.8 Å². The van der Waals surface area contributed by atoms with Crippen molar-refractivity contribution < 1.29 is 9.59 Å². The minimum atomic E-state index is -0.109. The van der Waals surface area contributed by atoms with Gasteiger partial charge in [-0.15, -0.1) is 11.8 Å². The highest BCUT2D eigenvalue weighted by atomic mass is 32.2. The number of piperidine rings is 1. The van der Waals surface area contributed by atoms with Crippen LogP contribution in [0.25, 0.3) is 0 Å². The zero-order chi connectivity index (χ0) is 16.7. The number of nitrogens with one attached hydrogen (secondary N) is 1. The molecule has 1 aliphatic heterocycles. The number of hydrogen-bond acceptors (Lipinski definition) is 4. The molecule has 1 saturated heterocycles. The molecule has 2 amide bonds. The van der Waals surface area contributed by atoms with Crippen molar-refractivity contribution >= 4 is 23.6 Å². The molecular formula is C17H25N3O2S. The number of nitrogens with two attached hydrogens (primary N) is 1. The first kappa shape index (κ1) is 17.8. The summed E-state index contributed by atoms with van der Waals surface area (Å²) in [7, 11) is 0. The van der Waals surface area contributed by atoms with Gasteiger partial charge in [0, 0.05) is 31.1 Å². The van der Waals surface area contributed by atoms with Crippen LogP contribution >= 0.6 is 11.8 Å². The second-order valence-electron chi connectivity index (χ2n) is 5.81. The number of aryl methyl sites for hydroxylation is 1. The van der Waals surface area contributed by atoms with Gasteiger partial charge in [-0.1, -0.05) is 18.2 Å². The minimum absolute atomic E-state index is 0.0134. The molecule has 0 bridgehead atoms. The Kier molecular flexibility index (Phi) is 6.92. The van der Waals surface area contributed by atoms with E-state index in [-0.39, 0.29) is 17.7 Å². The molecule has 126 valence electrons. The Morgan fingerprint density at radius 2 is 2.17 bits per heavy atom. The highest BCUT2D eigenvalue weighted by Gasteiger charge is 2.28. The third-order valence-corrected chi connectivity index (χ3v) is 5.19. The summed E-state index contributed by atoms with van der Waals surface area (Å²) in [5.74, 6) is 0.430. The van der Waals surface area contributed by atoms with Gasteiger partial charge in [-0.25, -0.2) is 0 Å². The van der Waals surface area contributed by atoms with Crippen LogP contribution in [0.4, 0.5) is 0 Å². The van der Waals surface area contributed by atoms with Gasteiger partial charge in [0.15, 0.2) is 0 Å². The number of benzene rings is 1. The summed E-state index contributed by atoms with van der Waals surface area (Å²) in [5.41, 5.74) is 6.59. The predicted molar refractivity (Wildman–Crippen MR) is 93.3 cm³/mol. The maximum absolute atomic E-state index is 12.4. The number of carbonyl (C=O) groups is 2. The second-order valence-corrected chi connectivity index (χ2v) is 6.83. The number of rotatable bonds is 6. The molecule has 0 aromatic heterocycles. The lowest BCUT2D eigenvalue weighted by molar-refractivity contribution is -0.133. The second kappa shape index (κ2) is 8.93. The Morgan fingerprint density at radius 3 is 2.91 bits per heavy atom. The van der Waals surface area contributed by atoms with E-state index in [2.05, 4.69) is 5.32 Å². The van der Waals surface area contributed by atoms with E-state index in [1.165, 1.54) is 5.56 Å². The molecule has 0 radical (unpaired) electrons. The molecule has 1 aliphatic rings. The summed E-state index contributed by atoms with van der Waals surface area (Å²) in [4.78, 5) is 27.4. The number of likely N-dealkylation sites (tertiary alicyclic amines) is 1. The largest absolute Gasteiger partial charge is 0.355 e. The van der Waals surface area contributed by atoms with Gasteiger partial charge < -0.3 is 16.0 Å². The zero-order valence-electron chi connectivity index (χ0n) is 13.6. The van der Waals surface area contributed by atoms with Gasteiger partial charge in [0.2, 0.25) is 11.8 Å². The van der Waals surface area contributed by atoms with Gasteiger partial charge in [0.1, 0.15) is 0 Å². The van der Waals surface area contributed by atoms with Crippen molar-refractivity contribution in [3.8, 4) is 0 Å². The topological polar surface area (TPSA) is 75.4 Å². The van der Waals surface area contributed by atoms with E-state index in [0.29, 0.717) is 25.4 Å². The number of carbonyl (C=O) groups excluding carboxylic acids is 2. The van der Waals surface area contributed by atoms with E-state index in [0.717, 1.165) is 24.3 Å². The number of nitrogens with zero attached hydrogens (tertiary/aromatic N) is 1. The van der Waals surface area contributed by atoms with Gasteiger partial charge >= 0.3 is 0 Å². The molecule has 0 saturated carbocycles. The van der Waals surface area contributed by atoms with E-state index < -0.39 is 0 Å². The van der Waals surface area contributed by atoms with E-state index in [1.54, 1.807) is 11.8 Å². The molecular weight excluding hydrogens is 310 g/mol. The molecule has 6 heteroatoms. The van der Waals surface area contributed by atoms with Crippen LogP contribution < -0.4 is 11.1 Å². The Bertz CT molecular complexity index is 550. The normalized spacial score (nSPS) is 17.8. The number of thioether (sulfide) groups is 1. The summed E-state index contributed by atoms with van der Waals surface area (Å²) in [5, 5.41) is 2.82. The summed E-state index contributed by atoms with van der Waals surface area (Å²) in [6.07, 6.45) is 1.71. The Morgan fingerprint density at radius 1 is 1.39 bits per heavy atom. The molecule has 1 fully saturated rings. The molecule has 5 nitrogen and oxygen atoms in total. The van der Waals surface area contributed by atoms with Crippen molar-refractivity contribution in [2.24, 2.45) is 11.7 Å². The monoisotopic (exact) mass is 335 g/mol. The van der Waals surface area contributed by atoms with Gasteiger partial charge in [-0.05, 0) is 31.4 Å². The van der Waals surface area contributed by atoms with Crippen LogP contribution in [0.5, 0.6) is 0 Å². The standard InChI is InChI=1S/C17H25N3O2S/c1-13-5-2-3-7-15(13)23-12-16(21)20-10-4-6-14(11-20)17(22)19-9-8-18/h2-3,5,7,14H,4,6,8-12,18H2,1H3,(H,19,22). The van der Waals surface area contributed by atoms with E-state index in [9.17, 15) is 9.59 Å². The van der Waals surface area contributed by atoms with Crippen molar-refractivity contribution in [3.05, 3.63) is 29.8 Å². The minimum Gasteiger partial charge on any atom is -0.355 e. The lowest BCUT2D eigenvalue weighted by Crippen LogP contribution is -2.46. The fourth-order valence-electron chi connectivity index (χ4n) is 2.71. The third-order valence-electron chi connectivity index (χ3n) is 4.03. The average Bonchev–Trinajstić information content (AvgIpc) is 2.58. The zero-order valence-corrected chi connectivity index (χ0v) is 14.4. The smallest absolute Gasteiger partial charge is 0.232 e. The summed E-state index contributed by atoms with van der Waals surface area (Å²) < 4.78 is 0. The van der Waals surface area contributed by atoms with Gasteiger partial charge in [-0.3, -0.25) is 9.59 Å². The maximum Gasteiger partial charge on any atom is 0.232 e. The van der Waals surface area contributed by atoms with Crippen LogP contribution in [0.15, 0.2) is 29.2 Å². The first-order valence-electron chi connectivity index (χ1n) is 8.05. The van der Waals surface area contributed by atoms with E-state index in [4.69, 9.17) is 5.73 Å². The third kappa shape index (κ3) is 5.25. The highest BCUT2D eigenvalue weighted by molar-refractivity contribution is 8.00. The highest BCUT2D eigenvalue weighted by Crippen LogP contribution is 2.23. The Balaban J connectivity index is 1.84. The molecule has 1 atom stereocenters. The van der Waals surface area contributed by atoms with Crippen LogP contribution in [0.1, 0.15) is 18.4 Å². The molecule has 0 aliphatic carbocycles. The van der Waals surface area contributed by atoms with Crippen molar-refractivity contribution in [1.82, 2.24) is 10.2 Å². The molecule has 23 heavy (non-hydrogen) atoms. The average molecular weight is 335 g/mol. The van der Waals surface area contributed by atoms with E-state index >= 15 is 0 Å². The Labute approximate surface area is 142 Å². The predicted octanol–water partition coefficient (Wildman–Crippen LogP) is 1.40. The Hall–Kier alpha value is -1.53. The fraction of sp³-hybridized carbons (Fsp3) is 0.529. The lowest BCUT2D eigenvalue weighted by Gasteiger charge is -2.32. The van der Waals surface area contributed by atoms with Crippen LogP contribution in [0.3, 0.4) is 0 Å². The van der Waals surface area contributed by atoms with Crippen molar-refractivity contribution in [2.75, 3.05) is 31.9 Å². The fourth-order valence-corrected chi connectivity index (χ4v) is 3.64. The first-order chi connectivity index (χ1) is 11.1. The summed E-state index contributed by atoms with van der Waals surface area (Å²) >= 11 is 1.56. The molecule has 1 heterocycles. The molecule has 1 aromatic rings. The van der Waals surface area contributed by atoms with Crippen LogP contribution in [-0.2, 0) is 9.59 Å². The SMILES string of the molecule is Cc1ccccc1SCC(=O)N1CCCC(C(=O)NCCN)C1. The van der Waals surface area contributed by atoms with Crippen molar-refractivity contribution in [2.45, 2.75) is 24.7 Å². The quantitative estimate of drug-likeness (QED) is 0.771. The van der Waals surface area contributed by atoms with Gasteiger partial charge in [0.25, 0.3) is 0 Å².